The molecule has 1 fully saturated rings. The fourth-order valence-electron chi connectivity index (χ4n) is 1.95. The van der Waals surface area contributed by atoms with Crippen molar-refractivity contribution in [1.29, 1.82) is 0 Å². The van der Waals surface area contributed by atoms with E-state index in [1.807, 2.05) is 0 Å². The molecule has 1 aliphatic rings. The van der Waals surface area contributed by atoms with Crippen molar-refractivity contribution in [1.82, 2.24) is 9.55 Å². The highest BCUT2D eigenvalue weighted by Gasteiger charge is 2.52. The van der Waals surface area contributed by atoms with Crippen LogP contribution in [0.4, 0.5) is 14.6 Å². The first-order chi connectivity index (χ1) is 9.83. The summed E-state index contributed by atoms with van der Waals surface area (Å²) in [4.78, 5) is 25.9. The van der Waals surface area contributed by atoms with Gasteiger partial charge >= 0.3 is 11.7 Å². The van der Waals surface area contributed by atoms with Gasteiger partial charge in [-0.2, -0.15) is 4.98 Å². The van der Waals surface area contributed by atoms with Crippen LogP contribution in [0.1, 0.15) is 12.6 Å². The van der Waals surface area contributed by atoms with E-state index >= 15 is 0 Å². The van der Waals surface area contributed by atoms with Crippen LogP contribution in [0.2, 0.25) is 0 Å². The Bertz CT molecular complexity index is 592. The van der Waals surface area contributed by atoms with Gasteiger partial charge in [-0.05, 0) is 6.07 Å². The Balaban J connectivity index is 2.13. The number of hydrogen-bond acceptors (Lipinski definition) is 7. The molecule has 2 atom stereocenters. The minimum Gasteiger partial charge on any atom is -0.462 e. The zero-order chi connectivity index (χ0) is 15.6. The number of nitrogen functional groups attached to an aromatic ring is 1. The van der Waals surface area contributed by atoms with Gasteiger partial charge in [0.05, 0.1) is 6.54 Å². The second-order valence-corrected chi connectivity index (χ2v) is 4.50. The van der Waals surface area contributed by atoms with Gasteiger partial charge in [-0.25, -0.2) is 13.6 Å². The molecule has 0 amide bonds. The number of esters is 1. The highest BCUT2D eigenvalue weighted by atomic mass is 19.3. The molecule has 21 heavy (non-hydrogen) atoms. The van der Waals surface area contributed by atoms with Crippen molar-refractivity contribution in [2.75, 3.05) is 18.9 Å². The monoisotopic (exact) mass is 304 g/mol. The van der Waals surface area contributed by atoms with Crippen molar-refractivity contribution < 1.29 is 23.0 Å². The molecule has 1 aliphatic heterocycles. The van der Waals surface area contributed by atoms with Crippen LogP contribution < -0.4 is 17.2 Å². The van der Waals surface area contributed by atoms with Crippen LogP contribution in [0.15, 0.2) is 17.1 Å². The normalized spacial score (nSPS) is 24.0. The van der Waals surface area contributed by atoms with Crippen molar-refractivity contribution in [3.8, 4) is 0 Å². The molecule has 0 aliphatic carbocycles. The lowest BCUT2D eigenvalue weighted by molar-refractivity contribution is -0.149. The Kier molecular flexibility index (Phi) is 4.19. The van der Waals surface area contributed by atoms with Crippen LogP contribution in [0.3, 0.4) is 0 Å². The molecular formula is C11H14F2N4O4. The van der Waals surface area contributed by atoms with Crippen molar-refractivity contribution in [2.45, 2.75) is 24.7 Å². The first-order valence-electron chi connectivity index (χ1n) is 6.07. The maximum atomic E-state index is 13.9. The SMILES string of the molecule is NCC(=O)OCC1CC(F)(F)C(n2ccc(N)nc2=O)O1. The number of ether oxygens (including phenoxy) is 2. The van der Waals surface area contributed by atoms with Crippen molar-refractivity contribution in [3.63, 3.8) is 0 Å². The third-order valence-electron chi connectivity index (χ3n) is 2.88. The molecule has 2 unspecified atom stereocenters. The van der Waals surface area contributed by atoms with Gasteiger partial charge in [-0.15, -0.1) is 0 Å². The lowest BCUT2D eigenvalue weighted by atomic mass is 10.2. The Morgan fingerprint density at radius 3 is 2.95 bits per heavy atom. The Hall–Kier alpha value is -2.07. The van der Waals surface area contributed by atoms with Crippen LogP contribution in [-0.2, 0) is 14.3 Å². The second kappa shape index (κ2) is 5.74. The lowest BCUT2D eigenvalue weighted by Crippen LogP contribution is -2.35. The summed E-state index contributed by atoms with van der Waals surface area (Å²) in [6.45, 7) is -0.715. The predicted molar refractivity (Wildman–Crippen MR) is 66.4 cm³/mol. The van der Waals surface area contributed by atoms with Crippen LogP contribution in [0.5, 0.6) is 0 Å². The molecule has 2 rings (SSSR count). The molecule has 1 aromatic rings. The molecule has 8 nitrogen and oxygen atoms in total. The molecule has 0 aromatic carbocycles. The van der Waals surface area contributed by atoms with E-state index in [0.717, 1.165) is 6.20 Å². The number of aromatic nitrogens is 2. The van der Waals surface area contributed by atoms with E-state index in [1.54, 1.807) is 0 Å². The van der Waals surface area contributed by atoms with E-state index < -0.39 is 36.3 Å². The number of nitrogens with zero attached hydrogens (tertiary/aromatic N) is 2. The Morgan fingerprint density at radius 1 is 1.62 bits per heavy atom. The molecule has 2 heterocycles. The first-order valence-corrected chi connectivity index (χ1v) is 6.07. The van der Waals surface area contributed by atoms with E-state index in [4.69, 9.17) is 16.2 Å². The number of halogens is 2. The highest BCUT2D eigenvalue weighted by molar-refractivity contribution is 5.71. The molecule has 0 radical (unpaired) electrons. The summed E-state index contributed by atoms with van der Waals surface area (Å²) in [5.74, 6) is -4.11. The van der Waals surface area contributed by atoms with Gasteiger partial charge in [0.1, 0.15) is 18.5 Å². The lowest BCUT2D eigenvalue weighted by Gasteiger charge is -2.19. The van der Waals surface area contributed by atoms with Crippen molar-refractivity contribution in [3.05, 3.63) is 22.7 Å². The van der Waals surface area contributed by atoms with E-state index in [-0.39, 0.29) is 19.0 Å². The molecule has 1 saturated heterocycles. The number of carbonyl (C=O) groups excluding carboxylic acids is 1. The van der Waals surface area contributed by atoms with Crippen molar-refractivity contribution >= 4 is 11.8 Å². The summed E-state index contributed by atoms with van der Waals surface area (Å²) in [6, 6.07) is 1.21. The molecule has 4 N–H and O–H groups in total. The first kappa shape index (κ1) is 15.3. The fraction of sp³-hybridized carbons (Fsp3) is 0.545. The highest BCUT2D eigenvalue weighted by Crippen LogP contribution is 2.41. The molecule has 116 valence electrons. The van der Waals surface area contributed by atoms with Crippen molar-refractivity contribution in [2.24, 2.45) is 5.73 Å². The smallest absolute Gasteiger partial charge is 0.351 e. The maximum absolute atomic E-state index is 13.9. The standard InChI is InChI=1S/C11H14F2N4O4/c12-11(13)3-6(5-20-8(18)4-14)21-9(11)17-2-1-7(15)16-10(17)19/h1-2,6,9H,3-5,14H2,(H2,15,16,19). The molecule has 10 heteroatoms. The largest absolute Gasteiger partial charge is 0.462 e. The molecule has 0 spiro atoms. The topological polar surface area (TPSA) is 122 Å². The quantitative estimate of drug-likeness (QED) is 0.702. The van der Waals surface area contributed by atoms with Gasteiger partial charge in [0.15, 0.2) is 0 Å². The maximum Gasteiger partial charge on any atom is 0.351 e. The number of rotatable bonds is 4. The number of carbonyl (C=O) groups is 1. The van der Waals surface area contributed by atoms with Crippen LogP contribution in [0.25, 0.3) is 0 Å². The zero-order valence-corrected chi connectivity index (χ0v) is 10.9. The zero-order valence-electron chi connectivity index (χ0n) is 10.9. The van der Waals surface area contributed by atoms with Gasteiger partial charge in [0, 0.05) is 12.6 Å². The molecule has 0 saturated carbocycles. The van der Waals surface area contributed by atoms with Gasteiger partial charge < -0.3 is 20.9 Å². The number of alkyl halides is 2. The Morgan fingerprint density at radius 2 is 2.33 bits per heavy atom. The Labute approximate surface area is 117 Å². The number of hydrogen-bond donors (Lipinski definition) is 2. The predicted octanol–water partition coefficient (Wildman–Crippen LogP) is -0.750. The van der Waals surface area contributed by atoms with Crippen LogP contribution in [0, 0.1) is 0 Å². The fourth-order valence-corrected chi connectivity index (χ4v) is 1.95. The summed E-state index contributed by atoms with van der Waals surface area (Å²) >= 11 is 0. The second-order valence-electron chi connectivity index (χ2n) is 4.50. The van der Waals surface area contributed by atoms with Gasteiger partial charge in [-0.3, -0.25) is 9.36 Å². The van der Waals surface area contributed by atoms with Gasteiger partial charge in [0.2, 0.25) is 6.23 Å². The van der Waals surface area contributed by atoms with Crippen LogP contribution >= 0.6 is 0 Å². The molecule has 1 aromatic heterocycles. The number of anilines is 1. The average Bonchev–Trinajstić information content (AvgIpc) is 2.71. The van der Waals surface area contributed by atoms with E-state index in [9.17, 15) is 18.4 Å². The van der Waals surface area contributed by atoms with Gasteiger partial charge in [-0.1, -0.05) is 0 Å². The molecular weight excluding hydrogens is 290 g/mol. The summed E-state index contributed by atoms with van der Waals surface area (Å²) in [5.41, 5.74) is 9.38. The van der Waals surface area contributed by atoms with Crippen LogP contribution in [-0.4, -0.2) is 40.7 Å². The van der Waals surface area contributed by atoms with E-state index in [2.05, 4.69) is 9.72 Å². The average molecular weight is 304 g/mol. The summed E-state index contributed by atoms with van der Waals surface area (Å²) in [7, 11) is 0. The van der Waals surface area contributed by atoms with E-state index in [0.29, 0.717) is 4.57 Å². The van der Waals surface area contributed by atoms with E-state index in [1.165, 1.54) is 6.07 Å². The third-order valence-corrected chi connectivity index (χ3v) is 2.88. The summed E-state index contributed by atoms with van der Waals surface area (Å²) in [6.07, 6.45) is -2.46. The minimum atomic E-state index is -3.30. The van der Waals surface area contributed by atoms with Gasteiger partial charge in [0.25, 0.3) is 5.92 Å². The molecule has 0 bridgehead atoms. The third kappa shape index (κ3) is 3.34. The minimum absolute atomic E-state index is 0.0778. The summed E-state index contributed by atoms with van der Waals surface area (Å²) in [5, 5.41) is 0. The summed E-state index contributed by atoms with van der Waals surface area (Å²) < 4.78 is 38.2. The number of nitrogens with two attached hydrogens (primary N) is 2.